The molecule has 0 saturated heterocycles. The van der Waals surface area contributed by atoms with Crippen LogP contribution in [0.3, 0.4) is 0 Å². The first kappa shape index (κ1) is 13.0. The van der Waals surface area contributed by atoms with E-state index in [9.17, 15) is 0 Å². The van der Waals surface area contributed by atoms with Gasteiger partial charge in [0.15, 0.2) is 5.11 Å². The van der Waals surface area contributed by atoms with Crippen LogP contribution >= 0.6 is 12.2 Å². The molecule has 0 amide bonds. The molecule has 2 saturated carbocycles. The van der Waals surface area contributed by atoms with Crippen LogP contribution in [0.4, 0.5) is 0 Å². The Balaban J connectivity index is 1.56. The molecule has 3 aliphatic rings. The second-order valence-corrected chi connectivity index (χ2v) is 6.68. The summed E-state index contributed by atoms with van der Waals surface area (Å²) in [6, 6.07) is 0.508. The van der Waals surface area contributed by atoms with E-state index in [0.29, 0.717) is 12.0 Å². The second-order valence-electron chi connectivity index (χ2n) is 6.27. The van der Waals surface area contributed by atoms with E-state index in [1.54, 1.807) is 0 Å². The first-order chi connectivity index (χ1) is 9.21. The first-order valence-electron chi connectivity index (χ1n) is 7.45. The fraction of sp³-hybridized carbons (Fsp3) is 0.688. The third-order valence-corrected chi connectivity index (χ3v) is 5.15. The van der Waals surface area contributed by atoms with Crippen LogP contribution in [0, 0.1) is 24.2 Å². The number of fused-ring (bicyclic) bond motifs is 2. The van der Waals surface area contributed by atoms with Crippen LogP contribution in [-0.4, -0.2) is 16.7 Å². The summed E-state index contributed by atoms with van der Waals surface area (Å²) < 4.78 is 0. The van der Waals surface area contributed by atoms with Gasteiger partial charge < -0.3 is 10.6 Å². The molecule has 2 fully saturated rings. The molecule has 2 nitrogen and oxygen atoms in total. The largest absolute Gasteiger partial charge is 0.359 e. The summed E-state index contributed by atoms with van der Waals surface area (Å²) in [6.45, 7) is 0. The van der Waals surface area contributed by atoms with Gasteiger partial charge in [0.05, 0.1) is 0 Å². The summed E-state index contributed by atoms with van der Waals surface area (Å²) in [6.07, 6.45) is 18.7. The topological polar surface area (TPSA) is 24.1 Å². The van der Waals surface area contributed by atoms with Gasteiger partial charge in [-0.15, -0.1) is 6.42 Å². The Hall–Kier alpha value is -1.01. The van der Waals surface area contributed by atoms with Crippen molar-refractivity contribution in [2.45, 2.75) is 56.5 Å². The number of nitrogens with one attached hydrogen (secondary N) is 2. The Bertz CT molecular complexity index is 429. The predicted octanol–water partition coefficient (Wildman–Crippen LogP) is 2.75. The molecule has 3 aliphatic carbocycles. The minimum atomic E-state index is -0.199. The summed E-state index contributed by atoms with van der Waals surface area (Å²) in [5, 5.41) is 7.67. The summed E-state index contributed by atoms with van der Waals surface area (Å²) >= 11 is 5.48. The maximum absolute atomic E-state index is 5.74. The lowest BCUT2D eigenvalue weighted by atomic mass is 9.82. The molecule has 0 aromatic carbocycles. The number of allylic oxidation sites excluding steroid dienone is 1. The molecule has 2 N–H and O–H groups in total. The summed E-state index contributed by atoms with van der Waals surface area (Å²) in [5.74, 6) is 4.38. The lowest BCUT2D eigenvalue weighted by molar-refractivity contribution is 0.336. The van der Waals surface area contributed by atoms with Crippen LogP contribution < -0.4 is 10.6 Å². The lowest BCUT2D eigenvalue weighted by Crippen LogP contribution is -2.54. The fourth-order valence-electron chi connectivity index (χ4n) is 3.83. The molecule has 0 spiro atoms. The molecule has 2 bridgehead atoms. The van der Waals surface area contributed by atoms with E-state index in [-0.39, 0.29) is 5.54 Å². The molecule has 3 atom stereocenters. The zero-order valence-electron chi connectivity index (χ0n) is 11.3. The summed E-state index contributed by atoms with van der Waals surface area (Å²) in [5.41, 5.74) is -0.199. The highest BCUT2D eigenvalue weighted by Gasteiger charge is 2.37. The third-order valence-electron chi connectivity index (χ3n) is 4.93. The van der Waals surface area contributed by atoms with Crippen LogP contribution in [0.2, 0.25) is 0 Å². The second kappa shape index (κ2) is 5.17. The number of hydrogen-bond donors (Lipinski definition) is 2. The number of thiocarbonyl (C=S) groups is 1. The van der Waals surface area contributed by atoms with E-state index in [0.717, 1.165) is 23.9 Å². The molecule has 0 heterocycles. The highest BCUT2D eigenvalue weighted by atomic mass is 32.1. The molecule has 102 valence electrons. The highest BCUT2D eigenvalue weighted by Crippen LogP contribution is 2.39. The number of rotatable bonds is 2. The van der Waals surface area contributed by atoms with Crippen molar-refractivity contribution in [1.29, 1.82) is 0 Å². The molecule has 3 heteroatoms. The summed E-state index contributed by atoms with van der Waals surface area (Å²) in [4.78, 5) is 0. The third kappa shape index (κ3) is 2.65. The van der Waals surface area contributed by atoms with Crippen LogP contribution in [0.1, 0.15) is 44.9 Å². The van der Waals surface area contributed by atoms with Crippen molar-refractivity contribution in [1.82, 2.24) is 10.6 Å². The van der Waals surface area contributed by atoms with Gasteiger partial charge in [-0.05, 0) is 49.7 Å². The Kier molecular flexibility index (Phi) is 3.54. The van der Waals surface area contributed by atoms with Crippen molar-refractivity contribution in [2.24, 2.45) is 11.8 Å². The molecule has 0 aromatic rings. The van der Waals surface area contributed by atoms with Crippen molar-refractivity contribution >= 4 is 17.3 Å². The Morgan fingerprint density at radius 3 is 2.58 bits per heavy atom. The molecule has 3 rings (SSSR count). The molecular weight excluding hydrogens is 252 g/mol. The Labute approximate surface area is 121 Å². The van der Waals surface area contributed by atoms with Crippen LogP contribution in [0.15, 0.2) is 12.2 Å². The smallest absolute Gasteiger partial charge is 0.167 e. The SMILES string of the molecule is C#CC1(NC(=S)NC2CC3C=CC2C3)CCCCC1. The zero-order valence-corrected chi connectivity index (χ0v) is 12.1. The van der Waals surface area contributed by atoms with Crippen LogP contribution in [-0.2, 0) is 0 Å². The monoisotopic (exact) mass is 274 g/mol. The molecule has 3 unspecified atom stereocenters. The van der Waals surface area contributed by atoms with Gasteiger partial charge in [0.2, 0.25) is 0 Å². The van der Waals surface area contributed by atoms with E-state index in [2.05, 4.69) is 28.7 Å². The highest BCUT2D eigenvalue weighted by molar-refractivity contribution is 7.80. The Morgan fingerprint density at radius 2 is 2.00 bits per heavy atom. The predicted molar refractivity (Wildman–Crippen MR) is 82.7 cm³/mol. The zero-order chi connectivity index (χ0) is 13.3. The van der Waals surface area contributed by atoms with E-state index >= 15 is 0 Å². The van der Waals surface area contributed by atoms with Gasteiger partial charge in [-0.3, -0.25) is 0 Å². The minimum Gasteiger partial charge on any atom is -0.359 e. The maximum atomic E-state index is 5.74. The quantitative estimate of drug-likeness (QED) is 0.460. The van der Waals surface area contributed by atoms with Crippen LogP contribution in [0.5, 0.6) is 0 Å². The van der Waals surface area contributed by atoms with Gasteiger partial charge in [0.25, 0.3) is 0 Å². The van der Waals surface area contributed by atoms with Crippen molar-refractivity contribution in [3.05, 3.63) is 12.2 Å². The van der Waals surface area contributed by atoms with Crippen molar-refractivity contribution < 1.29 is 0 Å². The molecule has 19 heavy (non-hydrogen) atoms. The molecule has 0 radical (unpaired) electrons. The van der Waals surface area contributed by atoms with E-state index in [1.165, 1.54) is 32.1 Å². The average molecular weight is 274 g/mol. The van der Waals surface area contributed by atoms with Gasteiger partial charge in [-0.2, -0.15) is 0 Å². The van der Waals surface area contributed by atoms with E-state index in [1.807, 2.05) is 0 Å². The van der Waals surface area contributed by atoms with Crippen molar-refractivity contribution in [2.75, 3.05) is 0 Å². The van der Waals surface area contributed by atoms with Gasteiger partial charge in [-0.25, -0.2) is 0 Å². The van der Waals surface area contributed by atoms with E-state index < -0.39 is 0 Å². The normalized spacial score (nSPS) is 34.8. The minimum absolute atomic E-state index is 0.199. The van der Waals surface area contributed by atoms with Crippen molar-refractivity contribution in [3.8, 4) is 12.3 Å². The molecule has 0 aromatic heterocycles. The molecule has 0 aliphatic heterocycles. The fourth-order valence-corrected chi connectivity index (χ4v) is 4.18. The van der Waals surface area contributed by atoms with E-state index in [4.69, 9.17) is 18.6 Å². The first-order valence-corrected chi connectivity index (χ1v) is 7.86. The molecular formula is C16H22N2S. The summed E-state index contributed by atoms with van der Waals surface area (Å²) in [7, 11) is 0. The standard InChI is InChI=1S/C16H22N2S/c1-2-16(8-4-3-5-9-16)18-15(19)17-14-11-12-6-7-13(14)10-12/h1,6-7,12-14H,3-5,8-11H2,(H2,17,18,19). The van der Waals surface area contributed by atoms with Gasteiger partial charge in [-0.1, -0.05) is 37.3 Å². The van der Waals surface area contributed by atoms with Crippen LogP contribution in [0.25, 0.3) is 0 Å². The van der Waals surface area contributed by atoms with Crippen molar-refractivity contribution in [3.63, 3.8) is 0 Å². The lowest BCUT2D eigenvalue weighted by Gasteiger charge is -2.35. The number of terminal acetylenes is 1. The van der Waals surface area contributed by atoms with Gasteiger partial charge in [0, 0.05) is 6.04 Å². The van der Waals surface area contributed by atoms with Gasteiger partial charge >= 0.3 is 0 Å². The number of hydrogen-bond acceptors (Lipinski definition) is 1. The Morgan fingerprint density at radius 1 is 1.21 bits per heavy atom. The average Bonchev–Trinajstić information content (AvgIpc) is 3.02. The van der Waals surface area contributed by atoms with Gasteiger partial charge in [0.1, 0.15) is 5.54 Å². The maximum Gasteiger partial charge on any atom is 0.167 e.